The third-order valence-electron chi connectivity index (χ3n) is 7.45. The van der Waals surface area contributed by atoms with Gasteiger partial charge in [-0.25, -0.2) is 9.36 Å². The van der Waals surface area contributed by atoms with Gasteiger partial charge in [-0.2, -0.15) is 0 Å². The van der Waals surface area contributed by atoms with E-state index in [4.69, 9.17) is 9.47 Å². The van der Waals surface area contributed by atoms with Gasteiger partial charge in [-0.15, -0.1) is 10.2 Å². The molecule has 4 aromatic rings. The van der Waals surface area contributed by atoms with Crippen molar-refractivity contribution in [3.63, 3.8) is 0 Å². The molecule has 4 unspecified atom stereocenters. The minimum Gasteiger partial charge on any atom is -0.394 e. The molecule has 0 bridgehead atoms. The molecule has 0 aromatic carbocycles. The standard InChI is InChI=1S/C26H30N8O8S/c35-11-17-21(37)19(33-9-15(29-31-33)13-5-1-3-7-27-13)23(39)25(41-17)43-26-24(40)20(22(38)18(12-36)42-26)34-10-16(30-32-34)14-6-2-4-8-28-14/h1-10,17-26,35-40H,11-12H2/t17-,18?,19?,20+,21?,22+,23-,24?,25+,26+/m1/s1. The summed E-state index contributed by atoms with van der Waals surface area (Å²) in [7, 11) is 0. The highest BCUT2D eigenvalue weighted by atomic mass is 32.2. The lowest BCUT2D eigenvalue weighted by molar-refractivity contribution is -0.189. The van der Waals surface area contributed by atoms with Crippen LogP contribution in [0.15, 0.2) is 61.2 Å². The van der Waals surface area contributed by atoms with Crippen LogP contribution >= 0.6 is 11.8 Å². The zero-order chi connectivity index (χ0) is 30.1. The number of pyridine rings is 2. The van der Waals surface area contributed by atoms with Gasteiger partial charge in [-0.05, 0) is 24.3 Å². The van der Waals surface area contributed by atoms with E-state index >= 15 is 0 Å². The van der Waals surface area contributed by atoms with Crippen LogP contribution in [0.1, 0.15) is 12.1 Å². The predicted molar refractivity (Wildman–Crippen MR) is 148 cm³/mol. The maximum atomic E-state index is 11.4. The molecular formula is C26H30N8O8S. The Kier molecular flexibility index (Phi) is 8.75. The van der Waals surface area contributed by atoms with Crippen LogP contribution in [-0.2, 0) is 9.47 Å². The van der Waals surface area contributed by atoms with Crippen LogP contribution in [0.3, 0.4) is 0 Å². The third-order valence-corrected chi connectivity index (χ3v) is 8.77. The monoisotopic (exact) mass is 614 g/mol. The topological polar surface area (TPSA) is 227 Å². The van der Waals surface area contributed by atoms with Crippen LogP contribution in [0.2, 0.25) is 0 Å². The van der Waals surface area contributed by atoms with Gasteiger partial charge in [0.1, 0.15) is 71.0 Å². The summed E-state index contributed by atoms with van der Waals surface area (Å²) in [5.74, 6) is 0. The Morgan fingerprint density at radius 1 is 0.628 bits per heavy atom. The van der Waals surface area contributed by atoms with E-state index in [0.29, 0.717) is 22.8 Å². The summed E-state index contributed by atoms with van der Waals surface area (Å²) in [4.78, 5) is 8.48. The van der Waals surface area contributed by atoms with Crippen LogP contribution in [0.5, 0.6) is 0 Å². The summed E-state index contributed by atoms with van der Waals surface area (Å²) in [6.07, 6.45) is -1.59. The summed E-state index contributed by atoms with van der Waals surface area (Å²) in [6, 6.07) is 8.35. The van der Waals surface area contributed by atoms with Gasteiger partial charge >= 0.3 is 0 Å². The van der Waals surface area contributed by atoms with Gasteiger partial charge in [0, 0.05) is 12.4 Å². The number of aliphatic hydroxyl groups is 6. The van der Waals surface area contributed by atoms with Gasteiger partial charge in [0.25, 0.3) is 0 Å². The Morgan fingerprint density at radius 3 is 1.44 bits per heavy atom. The summed E-state index contributed by atoms with van der Waals surface area (Å²) >= 11 is 0.867. The first-order valence-corrected chi connectivity index (χ1v) is 14.4. The Morgan fingerprint density at radius 2 is 1.07 bits per heavy atom. The largest absolute Gasteiger partial charge is 0.394 e. The fraction of sp³-hybridized carbons (Fsp3) is 0.462. The highest BCUT2D eigenvalue weighted by Gasteiger charge is 2.51. The van der Waals surface area contributed by atoms with Crippen molar-refractivity contribution in [3.8, 4) is 22.8 Å². The van der Waals surface area contributed by atoms with E-state index in [1.807, 2.05) is 0 Å². The van der Waals surface area contributed by atoms with Crippen molar-refractivity contribution in [2.45, 2.75) is 59.6 Å². The summed E-state index contributed by atoms with van der Waals surface area (Å²) < 4.78 is 14.2. The van der Waals surface area contributed by atoms with Crippen LogP contribution in [0.4, 0.5) is 0 Å². The minimum absolute atomic E-state index is 0.405. The van der Waals surface area contributed by atoms with Crippen molar-refractivity contribution in [1.29, 1.82) is 0 Å². The van der Waals surface area contributed by atoms with Gasteiger partial charge in [0.05, 0.1) is 37.0 Å². The fourth-order valence-electron chi connectivity index (χ4n) is 5.23. The molecule has 0 aliphatic carbocycles. The van der Waals surface area contributed by atoms with Crippen molar-refractivity contribution < 1.29 is 40.1 Å². The average molecular weight is 615 g/mol. The average Bonchev–Trinajstić information content (AvgIpc) is 3.72. The fourth-order valence-corrected chi connectivity index (χ4v) is 6.55. The van der Waals surface area contributed by atoms with E-state index in [2.05, 4.69) is 30.6 Å². The lowest BCUT2D eigenvalue weighted by atomic mass is 9.97. The van der Waals surface area contributed by atoms with E-state index in [0.717, 1.165) is 11.8 Å². The lowest BCUT2D eigenvalue weighted by Gasteiger charge is -2.46. The van der Waals surface area contributed by atoms with E-state index in [-0.39, 0.29) is 0 Å². The lowest BCUT2D eigenvalue weighted by Crippen LogP contribution is -2.58. The van der Waals surface area contributed by atoms with Crippen molar-refractivity contribution >= 4 is 11.8 Å². The van der Waals surface area contributed by atoms with Crippen LogP contribution in [0.25, 0.3) is 22.8 Å². The molecule has 17 heteroatoms. The zero-order valence-corrected chi connectivity index (χ0v) is 23.3. The van der Waals surface area contributed by atoms with Crippen molar-refractivity contribution in [3.05, 3.63) is 61.2 Å². The first kappa shape index (κ1) is 29.7. The molecule has 43 heavy (non-hydrogen) atoms. The molecule has 2 aliphatic heterocycles. The Hall–Kier alpha value is -3.39. The number of nitrogens with zero attached hydrogens (tertiary/aromatic N) is 8. The van der Waals surface area contributed by atoms with Crippen LogP contribution in [-0.4, -0.2) is 131 Å². The Labute approximate surface area is 248 Å². The molecule has 2 fully saturated rings. The third kappa shape index (κ3) is 5.78. The van der Waals surface area contributed by atoms with Gasteiger partial charge in [-0.3, -0.25) is 9.97 Å². The Balaban J connectivity index is 1.25. The molecule has 0 radical (unpaired) electrons. The molecular weight excluding hydrogens is 584 g/mol. The second-order valence-corrected chi connectivity index (χ2v) is 11.3. The molecule has 2 saturated heterocycles. The van der Waals surface area contributed by atoms with E-state index in [9.17, 15) is 30.6 Å². The molecule has 0 spiro atoms. The molecule has 10 atom stereocenters. The molecule has 6 rings (SSSR count). The molecule has 16 nitrogen and oxygen atoms in total. The number of aromatic nitrogens is 8. The van der Waals surface area contributed by atoms with Gasteiger partial charge in [0.15, 0.2) is 0 Å². The van der Waals surface area contributed by atoms with E-state index in [1.54, 1.807) is 48.8 Å². The maximum absolute atomic E-state index is 11.4. The normalized spacial score (nSPS) is 33.0. The Bertz CT molecular complexity index is 1370. The SMILES string of the molecule is OCC1O[C@@H](S[C@@H]2O[C@H](CO)C(O)C(n3cc(-c4ccccn4)nn3)[C@H]2O)C(O)[C@@H](n2cc(-c3ccccn3)nn2)[C@H]1O. The molecule has 0 saturated carbocycles. The second-order valence-electron chi connectivity index (χ2n) is 10.1. The van der Waals surface area contributed by atoms with Crippen molar-refractivity contribution in [2.75, 3.05) is 13.2 Å². The number of thioether (sulfide) groups is 1. The number of aliphatic hydroxyl groups excluding tert-OH is 6. The van der Waals surface area contributed by atoms with Crippen molar-refractivity contribution in [1.82, 2.24) is 40.0 Å². The smallest absolute Gasteiger partial charge is 0.134 e. The molecule has 4 aromatic heterocycles. The van der Waals surface area contributed by atoms with E-state index < -0.39 is 72.8 Å². The second kappa shape index (κ2) is 12.7. The highest BCUT2D eigenvalue weighted by Crippen LogP contribution is 2.42. The maximum Gasteiger partial charge on any atom is 0.134 e. The van der Waals surface area contributed by atoms with Crippen LogP contribution in [0, 0.1) is 0 Å². The number of hydrogen-bond acceptors (Lipinski definition) is 15. The van der Waals surface area contributed by atoms with Crippen LogP contribution < -0.4 is 0 Å². The highest BCUT2D eigenvalue weighted by molar-refractivity contribution is 8.00. The first-order chi connectivity index (χ1) is 20.9. The molecule has 2 aliphatic rings. The first-order valence-electron chi connectivity index (χ1n) is 13.5. The minimum atomic E-state index is -1.42. The zero-order valence-electron chi connectivity index (χ0n) is 22.4. The van der Waals surface area contributed by atoms with Gasteiger partial charge < -0.3 is 40.1 Å². The van der Waals surface area contributed by atoms with Crippen molar-refractivity contribution in [2.24, 2.45) is 0 Å². The molecule has 6 heterocycles. The summed E-state index contributed by atoms with van der Waals surface area (Å²) in [6.45, 7) is -1.15. The number of rotatable bonds is 8. The molecule has 6 N–H and O–H groups in total. The number of ether oxygens (including phenoxy) is 2. The molecule has 0 amide bonds. The number of hydrogen-bond donors (Lipinski definition) is 6. The summed E-state index contributed by atoms with van der Waals surface area (Å²) in [5.41, 5.74) is -0.421. The van der Waals surface area contributed by atoms with Gasteiger partial charge in [0.2, 0.25) is 0 Å². The van der Waals surface area contributed by atoms with E-state index in [1.165, 1.54) is 21.8 Å². The summed E-state index contributed by atoms with van der Waals surface area (Å²) in [5, 5.41) is 81.1. The predicted octanol–water partition coefficient (Wildman–Crippen LogP) is -1.61. The quantitative estimate of drug-likeness (QED) is 0.131. The van der Waals surface area contributed by atoms with Gasteiger partial charge in [-0.1, -0.05) is 34.3 Å². The molecule has 228 valence electrons.